The van der Waals surface area contributed by atoms with E-state index < -0.39 is 5.97 Å². The number of amides is 2. The lowest BCUT2D eigenvalue weighted by molar-refractivity contribution is -0.141. The van der Waals surface area contributed by atoms with E-state index in [4.69, 9.17) is 5.11 Å². The van der Waals surface area contributed by atoms with Crippen LogP contribution in [0.3, 0.4) is 0 Å². The molecular weight excluding hydrogens is 260 g/mol. The molecule has 0 radical (unpaired) electrons. The summed E-state index contributed by atoms with van der Waals surface area (Å²) in [4.78, 5) is 36.0. The number of aliphatic carboxylic acids is 1. The van der Waals surface area contributed by atoms with Crippen molar-refractivity contribution >= 4 is 17.8 Å². The molecule has 1 saturated heterocycles. The zero-order chi connectivity index (χ0) is 14.7. The van der Waals surface area contributed by atoms with Crippen molar-refractivity contribution in [2.45, 2.75) is 45.1 Å². The Kier molecular flexibility index (Phi) is 4.62. The second-order valence-corrected chi connectivity index (χ2v) is 5.83. The Balaban J connectivity index is 1.76. The fourth-order valence-electron chi connectivity index (χ4n) is 3.10. The van der Waals surface area contributed by atoms with E-state index in [-0.39, 0.29) is 29.7 Å². The van der Waals surface area contributed by atoms with Crippen LogP contribution in [0.2, 0.25) is 0 Å². The molecule has 112 valence electrons. The Hall–Kier alpha value is -1.59. The summed E-state index contributed by atoms with van der Waals surface area (Å²) < 4.78 is 0. The second-order valence-electron chi connectivity index (χ2n) is 5.83. The van der Waals surface area contributed by atoms with Crippen molar-refractivity contribution in [1.82, 2.24) is 10.2 Å². The van der Waals surface area contributed by atoms with Crippen LogP contribution in [-0.4, -0.2) is 46.9 Å². The number of hydrogen-bond donors (Lipinski definition) is 2. The average molecular weight is 282 g/mol. The first-order chi connectivity index (χ1) is 9.47. The molecule has 2 rings (SSSR count). The molecule has 0 spiro atoms. The quantitative estimate of drug-likeness (QED) is 0.794. The Morgan fingerprint density at radius 1 is 1.05 bits per heavy atom. The van der Waals surface area contributed by atoms with Gasteiger partial charge in [-0.15, -0.1) is 0 Å². The maximum absolute atomic E-state index is 12.1. The molecule has 0 aromatic heterocycles. The van der Waals surface area contributed by atoms with Gasteiger partial charge >= 0.3 is 5.97 Å². The summed E-state index contributed by atoms with van der Waals surface area (Å²) in [6.07, 6.45) is 3.26. The van der Waals surface area contributed by atoms with Crippen molar-refractivity contribution < 1.29 is 19.5 Å². The van der Waals surface area contributed by atoms with Crippen LogP contribution in [0.25, 0.3) is 0 Å². The molecule has 1 aliphatic carbocycles. The topological polar surface area (TPSA) is 86.7 Å². The first-order valence-electron chi connectivity index (χ1n) is 7.26. The minimum absolute atomic E-state index is 0.0185. The van der Waals surface area contributed by atoms with Crippen LogP contribution in [0.1, 0.15) is 39.0 Å². The molecule has 0 bridgehead atoms. The van der Waals surface area contributed by atoms with Gasteiger partial charge in [-0.1, -0.05) is 0 Å². The Morgan fingerprint density at radius 2 is 1.65 bits per heavy atom. The van der Waals surface area contributed by atoms with Crippen LogP contribution in [0, 0.1) is 11.8 Å². The highest BCUT2D eigenvalue weighted by molar-refractivity contribution is 5.81. The lowest BCUT2D eigenvalue weighted by atomic mass is 10.0. The van der Waals surface area contributed by atoms with Gasteiger partial charge in [-0.2, -0.15) is 0 Å². The van der Waals surface area contributed by atoms with Gasteiger partial charge in [0.2, 0.25) is 11.8 Å². The summed E-state index contributed by atoms with van der Waals surface area (Å²) in [5.41, 5.74) is 0. The number of piperidine rings is 1. The van der Waals surface area contributed by atoms with E-state index in [0.717, 1.165) is 12.8 Å². The third-order valence-electron chi connectivity index (χ3n) is 4.44. The molecule has 1 saturated carbocycles. The van der Waals surface area contributed by atoms with Crippen LogP contribution < -0.4 is 5.32 Å². The standard InChI is InChI=1S/C14H22N2O4/c1-9(17)16-6-4-12(5-7-16)15-13(18)10-2-3-11(8-10)14(19)20/h10-12H,2-8H2,1H3,(H,15,18)(H,19,20)/t10-,11+/m1/s1. The molecule has 0 unspecified atom stereocenters. The lowest BCUT2D eigenvalue weighted by Gasteiger charge is -2.32. The van der Waals surface area contributed by atoms with E-state index in [0.29, 0.717) is 32.4 Å². The third kappa shape index (κ3) is 3.49. The number of rotatable bonds is 3. The molecular formula is C14H22N2O4. The molecule has 2 fully saturated rings. The Morgan fingerprint density at radius 3 is 2.15 bits per heavy atom. The van der Waals surface area contributed by atoms with E-state index in [9.17, 15) is 14.4 Å². The van der Waals surface area contributed by atoms with Gasteiger partial charge in [0.05, 0.1) is 5.92 Å². The number of carbonyl (C=O) groups excluding carboxylic acids is 2. The molecule has 6 nitrogen and oxygen atoms in total. The summed E-state index contributed by atoms with van der Waals surface area (Å²) >= 11 is 0. The molecule has 6 heteroatoms. The van der Waals surface area contributed by atoms with Gasteiger partial charge in [0, 0.05) is 32.0 Å². The minimum Gasteiger partial charge on any atom is -0.481 e. The van der Waals surface area contributed by atoms with Gasteiger partial charge in [-0.3, -0.25) is 14.4 Å². The van der Waals surface area contributed by atoms with Crippen LogP contribution in [0.15, 0.2) is 0 Å². The largest absolute Gasteiger partial charge is 0.481 e. The first-order valence-corrected chi connectivity index (χ1v) is 7.26. The predicted octanol–water partition coefficient (Wildman–Crippen LogP) is 0.614. The summed E-state index contributed by atoms with van der Waals surface area (Å²) in [5, 5.41) is 12.0. The lowest BCUT2D eigenvalue weighted by Crippen LogP contribution is -2.47. The van der Waals surface area contributed by atoms with Crippen molar-refractivity contribution in [1.29, 1.82) is 0 Å². The van der Waals surface area contributed by atoms with Gasteiger partial charge in [-0.05, 0) is 32.1 Å². The van der Waals surface area contributed by atoms with E-state index in [2.05, 4.69) is 5.32 Å². The third-order valence-corrected chi connectivity index (χ3v) is 4.44. The van der Waals surface area contributed by atoms with Crippen molar-refractivity contribution in [3.63, 3.8) is 0 Å². The number of likely N-dealkylation sites (tertiary alicyclic amines) is 1. The highest BCUT2D eigenvalue weighted by Crippen LogP contribution is 2.31. The molecule has 20 heavy (non-hydrogen) atoms. The Bertz CT molecular complexity index is 402. The predicted molar refractivity (Wildman–Crippen MR) is 71.9 cm³/mol. The van der Waals surface area contributed by atoms with Gasteiger partial charge in [0.25, 0.3) is 0 Å². The summed E-state index contributed by atoms with van der Waals surface area (Å²) in [5.74, 6) is -1.27. The fraction of sp³-hybridized carbons (Fsp3) is 0.786. The van der Waals surface area contributed by atoms with E-state index in [1.807, 2.05) is 0 Å². The summed E-state index contributed by atoms with van der Waals surface area (Å²) in [6.45, 7) is 2.93. The highest BCUT2D eigenvalue weighted by atomic mass is 16.4. The molecule has 2 amide bonds. The molecule has 2 N–H and O–H groups in total. The minimum atomic E-state index is -0.796. The number of hydrogen-bond acceptors (Lipinski definition) is 3. The Labute approximate surface area is 118 Å². The zero-order valence-electron chi connectivity index (χ0n) is 11.8. The van der Waals surface area contributed by atoms with E-state index in [1.54, 1.807) is 11.8 Å². The molecule has 1 heterocycles. The number of nitrogens with zero attached hydrogens (tertiary/aromatic N) is 1. The van der Waals surface area contributed by atoms with Gasteiger partial charge in [-0.25, -0.2) is 0 Å². The average Bonchev–Trinajstić information content (AvgIpc) is 2.89. The highest BCUT2D eigenvalue weighted by Gasteiger charge is 2.34. The van der Waals surface area contributed by atoms with Crippen molar-refractivity contribution in [2.24, 2.45) is 11.8 Å². The van der Waals surface area contributed by atoms with Crippen LogP contribution in [0.5, 0.6) is 0 Å². The fourth-order valence-corrected chi connectivity index (χ4v) is 3.10. The molecule has 1 aliphatic heterocycles. The maximum atomic E-state index is 12.1. The molecule has 2 aliphatic rings. The van der Waals surface area contributed by atoms with Crippen LogP contribution >= 0.6 is 0 Å². The van der Waals surface area contributed by atoms with Crippen molar-refractivity contribution in [3.05, 3.63) is 0 Å². The van der Waals surface area contributed by atoms with Gasteiger partial charge < -0.3 is 15.3 Å². The van der Waals surface area contributed by atoms with Crippen molar-refractivity contribution in [2.75, 3.05) is 13.1 Å². The second kappa shape index (κ2) is 6.24. The number of carboxylic acids is 1. The van der Waals surface area contributed by atoms with Crippen LogP contribution in [0.4, 0.5) is 0 Å². The zero-order valence-corrected chi connectivity index (χ0v) is 11.8. The van der Waals surface area contributed by atoms with Crippen LogP contribution in [-0.2, 0) is 14.4 Å². The monoisotopic (exact) mass is 282 g/mol. The summed E-state index contributed by atoms with van der Waals surface area (Å²) in [6, 6.07) is 0.113. The molecule has 0 aromatic carbocycles. The van der Waals surface area contributed by atoms with Gasteiger partial charge in [0.1, 0.15) is 0 Å². The number of carbonyl (C=O) groups is 3. The normalized spacial score (nSPS) is 27.4. The SMILES string of the molecule is CC(=O)N1CCC(NC(=O)[C@@H]2CC[C@H](C(=O)O)C2)CC1. The molecule has 2 atom stereocenters. The number of carboxylic acid groups (broad SMARTS) is 1. The van der Waals surface area contributed by atoms with Gasteiger partial charge in [0.15, 0.2) is 0 Å². The number of nitrogens with one attached hydrogen (secondary N) is 1. The van der Waals surface area contributed by atoms with Crippen molar-refractivity contribution in [3.8, 4) is 0 Å². The van der Waals surface area contributed by atoms with E-state index in [1.165, 1.54) is 0 Å². The summed E-state index contributed by atoms with van der Waals surface area (Å²) in [7, 11) is 0. The smallest absolute Gasteiger partial charge is 0.306 e. The van der Waals surface area contributed by atoms with E-state index >= 15 is 0 Å². The molecule has 0 aromatic rings. The maximum Gasteiger partial charge on any atom is 0.306 e. The first kappa shape index (κ1) is 14.8.